The number of benzene rings is 3. The molecule has 4 rings (SSSR count). The molecule has 2 N–H and O–H groups in total. The first kappa shape index (κ1) is 25.5. The van der Waals surface area contributed by atoms with Gasteiger partial charge in [-0.2, -0.15) is 0 Å². The van der Waals surface area contributed by atoms with E-state index in [-0.39, 0.29) is 17.2 Å². The molecule has 1 aliphatic rings. The fourth-order valence-electron chi connectivity index (χ4n) is 4.28. The summed E-state index contributed by atoms with van der Waals surface area (Å²) >= 11 is 0. The Hall–Kier alpha value is -2.55. The number of nitrogens with one attached hydrogen (secondary N) is 2. The molecule has 0 aliphatic carbocycles. The smallest absolute Gasteiger partial charge is 0.241 e. The summed E-state index contributed by atoms with van der Waals surface area (Å²) in [5.41, 5.74) is 2.87. The molecule has 0 amide bonds. The average Bonchev–Trinajstić information content (AvgIpc) is 2.89. The van der Waals surface area contributed by atoms with Crippen molar-refractivity contribution in [3.05, 3.63) is 102 Å². The van der Waals surface area contributed by atoms with Crippen molar-refractivity contribution in [1.82, 2.24) is 10.0 Å². The van der Waals surface area contributed by atoms with Gasteiger partial charge in [-0.15, -0.1) is 0 Å². The quantitative estimate of drug-likeness (QED) is 0.371. The molecule has 1 fully saturated rings. The monoisotopic (exact) mass is 494 g/mol. The number of ether oxygens (including phenoxy) is 2. The lowest BCUT2D eigenvalue weighted by molar-refractivity contribution is -0.161. The summed E-state index contributed by atoms with van der Waals surface area (Å²) < 4.78 is 41.4. The molecule has 3 aromatic rings. The number of hydrogen-bond donors (Lipinski definition) is 2. The predicted octanol–water partition coefficient (Wildman–Crippen LogP) is 4.89. The van der Waals surface area contributed by atoms with Crippen molar-refractivity contribution in [1.29, 1.82) is 0 Å². The van der Waals surface area contributed by atoms with E-state index in [1.807, 2.05) is 79.7 Å². The number of sulfonamides is 1. The highest BCUT2D eigenvalue weighted by molar-refractivity contribution is 7.89. The van der Waals surface area contributed by atoms with Crippen molar-refractivity contribution >= 4 is 10.0 Å². The largest absolute Gasteiger partial charge is 0.353 e. The van der Waals surface area contributed by atoms with Crippen molar-refractivity contribution in [3.63, 3.8) is 0 Å². The molecule has 3 aromatic carbocycles. The molecule has 0 aromatic heterocycles. The van der Waals surface area contributed by atoms with Gasteiger partial charge in [-0.25, -0.2) is 13.1 Å². The molecule has 7 heteroatoms. The molecular weight excluding hydrogens is 460 g/mol. The van der Waals surface area contributed by atoms with Crippen LogP contribution in [0.1, 0.15) is 48.0 Å². The van der Waals surface area contributed by atoms with Crippen LogP contribution in [0.15, 0.2) is 89.8 Å². The van der Waals surface area contributed by atoms with Gasteiger partial charge in [-0.1, -0.05) is 78.4 Å². The standard InChI is InChI=1S/C28H34N2O4S/c1-22-15-17-25(18-16-22)35(31,32)30-28(24-12-6-3-7-13-24)27(23-10-4-2-5-11-23)29-19-21-34-26-14-8-9-20-33-26/h2-7,10-13,15-18,26-30H,8-9,14,19-21H2,1H3/t26-,27-,28-/m1/s1. The molecule has 1 heterocycles. The molecule has 186 valence electrons. The van der Waals surface area contributed by atoms with Gasteiger partial charge in [0.15, 0.2) is 6.29 Å². The average molecular weight is 495 g/mol. The highest BCUT2D eigenvalue weighted by Crippen LogP contribution is 2.31. The van der Waals surface area contributed by atoms with E-state index >= 15 is 0 Å². The number of hydrogen-bond acceptors (Lipinski definition) is 5. The van der Waals surface area contributed by atoms with Crippen molar-refractivity contribution in [3.8, 4) is 0 Å². The second-order valence-electron chi connectivity index (χ2n) is 8.83. The van der Waals surface area contributed by atoms with Gasteiger partial charge in [-0.05, 0) is 49.4 Å². The zero-order chi connectivity index (χ0) is 24.5. The summed E-state index contributed by atoms with van der Waals surface area (Å²) in [6.45, 7) is 3.70. The van der Waals surface area contributed by atoms with E-state index in [1.165, 1.54) is 0 Å². The van der Waals surface area contributed by atoms with Crippen LogP contribution in [0.2, 0.25) is 0 Å². The fraction of sp³-hybridized carbons (Fsp3) is 0.357. The van der Waals surface area contributed by atoms with Crippen LogP contribution in [0.4, 0.5) is 0 Å². The zero-order valence-electron chi connectivity index (χ0n) is 20.1. The van der Waals surface area contributed by atoms with E-state index in [2.05, 4.69) is 10.0 Å². The normalized spacial score (nSPS) is 18.1. The van der Waals surface area contributed by atoms with Gasteiger partial charge in [0.25, 0.3) is 0 Å². The van der Waals surface area contributed by atoms with Gasteiger partial charge < -0.3 is 14.8 Å². The maximum atomic E-state index is 13.4. The van der Waals surface area contributed by atoms with Crippen molar-refractivity contribution in [2.24, 2.45) is 0 Å². The molecule has 0 spiro atoms. The van der Waals surface area contributed by atoms with Crippen LogP contribution in [0.25, 0.3) is 0 Å². The third-order valence-corrected chi connectivity index (χ3v) is 7.63. The molecule has 0 unspecified atom stereocenters. The Morgan fingerprint density at radius 1 is 0.886 bits per heavy atom. The Kier molecular flexibility index (Phi) is 9.06. The van der Waals surface area contributed by atoms with Gasteiger partial charge >= 0.3 is 0 Å². The molecule has 6 nitrogen and oxygen atoms in total. The topological polar surface area (TPSA) is 76.7 Å². The van der Waals surface area contributed by atoms with Crippen molar-refractivity contribution < 1.29 is 17.9 Å². The molecule has 0 radical (unpaired) electrons. The Balaban J connectivity index is 1.58. The summed E-state index contributed by atoms with van der Waals surface area (Å²) in [5, 5.41) is 3.55. The van der Waals surface area contributed by atoms with Crippen LogP contribution in [-0.4, -0.2) is 34.5 Å². The van der Waals surface area contributed by atoms with Gasteiger partial charge in [0.2, 0.25) is 10.0 Å². The molecule has 1 aliphatic heterocycles. The van der Waals surface area contributed by atoms with Gasteiger partial charge in [-0.3, -0.25) is 0 Å². The van der Waals surface area contributed by atoms with Crippen LogP contribution in [0.3, 0.4) is 0 Å². The first-order chi connectivity index (χ1) is 17.0. The van der Waals surface area contributed by atoms with Gasteiger partial charge in [0.1, 0.15) is 0 Å². The SMILES string of the molecule is Cc1ccc(S(=O)(=O)N[C@H](c2ccccc2)[C@H](NCCO[C@@H]2CCCCO2)c2ccccc2)cc1. The molecular formula is C28H34N2O4S. The van der Waals surface area contributed by atoms with Crippen molar-refractivity contribution in [2.75, 3.05) is 19.8 Å². The first-order valence-electron chi connectivity index (χ1n) is 12.2. The summed E-state index contributed by atoms with van der Waals surface area (Å²) in [7, 11) is -3.77. The van der Waals surface area contributed by atoms with Gasteiger partial charge in [0.05, 0.1) is 23.6 Å². The highest BCUT2D eigenvalue weighted by Gasteiger charge is 2.29. The zero-order valence-corrected chi connectivity index (χ0v) is 20.9. The summed E-state index contributed by atoms with van der Waals surface area (Å²) in [4.78, 5) is 0.244. The van der Waals surface area contributed by atoms with E-state index in [0.29, 0.717) is 13.2 Å². The lowest BCUT2D eigenvalue weighted by atomic mass is 9.94. The number of rotatable bonds is 11. The second-order valence-corrected chi connectivity index (χ2v) is 10.5. The Labute approximate surface area is 208 Å². The van der Waals surface area contributed by atoms with Gasteiger partial charge in [0, 0.05) is 13.2 Å². The lowest BCUT2D eigenvalue weighted by Crippen LogP contribution is -2.40. The van der Waals surface area contributed by atoms with Crippen LogP contribution in [0.5, 0.6) is 0 Å². The molecule has 1 saturated heterocycles. The third-order valence-electron chi connectivity index (χ3n) is 6.17. The molecule has 0 bridgehead atoms. The lowest BCUT2D eigenvalue weighted by Gasteiger charge is -2.30. The van der Waals surface area contributed by atoms with E-state index in [1.54, 1.807) is 12.1 Å². The molecule has 0 saturated carbocycles. The van der Waals surface area contributed by atoms with E-state index in [4.69, 9.17) is 9.47 Å². The minimum Gasteiger partial charge on any atom is -0.353 e. The van der Waals surface area contributed by atoms with Crippen molar-refractivity contribution in [2.45, 2.75) is 49.5 Å². The minimum atomic E-state index is -3.77. The summed E-state index contributed by atoms with van der Waals surface area (Å²) in [5.74, 6) is 0. The Morgan fingerprint density at radius 3 is 2.11 bits per heavy atom. The van der Waals surface area contributed by atoms with E-state index < -0.39 is 16.1 Å². The maximum absolute atomic E-state index is 13.4. The summed E-state index contributed by atoms with van der Waals surface area (Å²) in [6, 6.07) is 25.7. The number of aryl methyl sites for hydroxylation is 1. The van der Waals surface area contributed by atoms with Crippen LogP contribution >= 0.6 is 0 Å². The van der Waals surface area contributed by atoms with E-state index in [0.717, 1.165) is 42.6 Å². The Bertz CT molecular complexity index is 1130. The Morgan fingerprint density at radius 2 is 1.51 bits per heavy atom. The van der Waals surface area contributed by atoms with E-state index in [9.17, 15) is 8.42 Å². The second kappa shape index (κ2) is 12.4. The molecule has 3 atom stereocenters. The van der Waals surface area contributed by atoms with Crippen LogP contribution < -0.4 is 10.0 Å². The minimum absolute atomic E-state index is 0.161. The van der Waals surface area contributed by atoms with Crippen LogP contribution in [-0.2, 0) is 19.5 Å². The highest BCUT2D eigenvalue weighted by atomic mass is 32.2. The summed E-state index contributed by atoms with van der Waals surface area (Å²) in [6.07, 6.45) is 2.94. The first-order valence-corrected chi connectivity index (χ1v) is 13.7. The predicted molar refractivity (Wildman–Crippen MR) is 137 cm³/mol. The fourth-order valence-corrected chi connectivity index (χ4v) is 5.51. The molecule has 35 heavy (non-hydrogen) atoms. The van der Waals surface area contributed by atoms with Crippen LogP contribution in [0, 0.1) is 6.92 Å². The third kappa shape index (κ3) is 7.22. The maximum Gasteiger partial charge on any atom is 0.241 e.